The summed E-state index contributed by atoms with van der Waals surface area (Å²) in [5.74, 6) is -1.69. The molecule has 0 spiro atoms. The number of carbonyl (C=O) groups is 5. The van der Waals surface area contributed by atoms with Crippen LogP contribution in [0.4, 0.5) is 4.79 Å². The molecule has 0 saturated heterocycles. The van der Waals surface area contributed by atoms with Crippen LogP contribution in [0.25, 0.3) is 0 Å². The van der Waals surface area contributed by atoms with Gasteiger partial charge in [-0.3, -0.25) is 19.2 Å². The van der Waals surface area contributed by atoms with Crippen molar-refractivity contribution in [1.82, 2.24) is 16.0 Å². The van der Waals surface area contributed by atoms with E-state index >= 15 is 0 Å². The first-order valence-electron chi connectivity index (χ1n) is 7.03. The highest BCUT2D eigenvalue weighted by molar-refractivity contribution is 9.09. The Kier molecular flexibility index (Phi) is 8.23. The molecular formula is C13H18BrN3O6. The van der Waals surface area contributed by atoms with Gasteiger partial charge >= 0.3 is 12.0 Å². The molecule has 0 atom stereocenters. The molecule has 1 aliphatic rings. The Morgan fingerprint density at radius 3 is 2.17 bits per heavy atom. The molecule has 0 unspecified atom stereocenters. The van der Waals surface area contributed by atoms with Gasteiger partial charge in [0, 0.05) is 32.5 Å². The van der Waals surface area contributed by atoms with E-state index < -0.39 is 18.1 Å². The minimum atomic E-state index is -1.28. The average molecular weight is 392 g/mol. The van der Waals surface area contributed by atoms with Crippen molar-refractivity contribution in [3.05, 3.63) is 0 Å². The minimum Gasteiger partial charge on any atom is -0.446 e. The topological polar surface area (TPSA) is 131 Å². The van der Waals surface area contributed by atoms with Crippen LogP contribution in [-0.2, 0) is 23.9 Å². The van der Waals surface area contributed by atoms with Gasteiger partial charge in [0.25, 0.3) is 0 Å². The molecule has 10 heteroatoms. The molecule has 0 aliphatic heterocycles. The molecule has 23 heavy (non-hydrogen) atoms. The van der Waals surface area contributed by atoms with E-state index in [4.69, 9.17) is 4.74 Å². The maximum absolute atomic E-state index is 11.5. The van der Waals surface area contributed by atoms with Crippen LogP contribution < -0.4 is 16.0 Å². The highest BCUT2D eigenvalue weighted by atomic mass is 79.9. The fourth-order valence-corrected chi connectivity index (χ4v) is 1.97. The Labute approximate surface area is 141 Å². The number of urea groups is 1. The molecule has 0 aromatic rings. The molecule has 1 rings (SSSR count). The van der Waals surface area contributed by atoms with Crippen molar-refractivity contribution in [3.63, 3.8) is 0 Å². The van der Waals surface area contributed by atoms with Crippen LogP contribution in [0.15, 0.2) is 0 Å². The van der Waals surface area contributed by atoms with Crippen LogP contribution in [0.3, 0.4) is 0 Å². The molecule has 3 amide bonds. The molecule has 0 aromatic carbocycles. The van der Waals surface area contributed by atoms with Crippen LogP contribution in [0.5, 0.6) is 0 Å². The van der Waals surface area contributed by atoms with Gasteiger partial charge in [0.2, 0.25) is 12.0 Å². The van der Waals surface area contributed by atoms with Gasteiger partial charge in [0.15, 0.2) is 11.6 Å². The maximum Gasteiger partial charge on any atom is 0.314 e. The second kappa shape index (κ2) is 9.93. The summed E-state index contributed by atoms with van der Waals surface area (Å²) in [6, 6.07) is -0.501. The Bertz CT molecular complexity index is 480. The smallest absolute Gasteiger partial charge is 0.314 e. The summed E-state index contributed by atoms with van der Waals surface area (Å²) >= 11 is 2.98. The molecule has 3 N–H and O–H groups in total. The number of alkyl halides is 1. The Hall–Kier alpha value is -1.97. The number of rotatable bonds is 8. The van der Waals surface area contributed by atoms with Crippen molar-refractivity contribution >= 4 is 45.4 Å². The van der Waals surface area contributed by atoms with Gasteiger partial charge in [-0.2, -0.15) is 0 Å². The summed E-state index contributed by atoms with van der Waals surface area (Å²) in [6.45, 7) is 0.527. The fraction of sp³-hybridized carbons (Fsp3) is 0.615. The first-order valence-corrected chi connectivity index (χ1v) is 8.15. The van der Waals surface area contributed by atoms with Crippen molar-refractivity contribution in [2.45, 2.75) is 25.4 Å². The molecule has 1 aliphatic carbocycles. The number of carbonyl (C=O) groups excluding carboxylic acids is 5. The van der Waals surface area contributed by atoms with Crippen LogP contribution in [0.2, 0.25) is 0 Å². The van der Waals surface area contributed by atoms with Gasteiger partial charge in [-0.05, 0) is 0 Å². The van der Waals surface area contributed by atoms with E-state index in [-0.39, 0.29) is 61.7 Å². The largest absolute Gasteiger partial charge is 0.446 e. The summed E-state index contributed by atoms with van der Waals surface area (Å²) in [6.07, 6.45) is -1.23. The average Bonchev–Trinajstić information content (AvgIpc) is 2.83. The third-order valence-corrected chi connectivity index (χ3v) is 3.43. The zero-order valence-electron chi connectivity index (χ0n) is 12.4. The quantitative estimate of drug-likeness (QED) is 0.211. The first kappa shape index (κ1) is 19.1. The van der Waals surface area contributed by atoms with E-state index in [1.807, 2.05) is 0 Å². The van der Waals surface area contributed by atoms with Crippen molar-refractivity contribution in [1.29, 1.82) is 0 Å². The highest BCUT2D eigenvalue weighted by Crippen LogP contribution is 2.14. The van der Waals surface area contributed by atoms with E-state index in [0.29, 0.717) is 0 Å². The van der Waals surface area contributed by atoms with Crippen molar-refractivity contribution in [2.24, 2.45) is 0 Å². The Morgan fingerprint density at radius 2 is 1.57 bits per heavy atom. The highest BCUT2D eigenvalue weighted by Gasteiger charge is 2.35. The number of Topliss-reactive ketones (excluding diaryl/α,β-unsaturated/α-hetero) is 2. The lowest BCUT2D eigenvalue weighted by Crippen LogP contribution is -2.41. The van der Waals surface area contributed by atoms with Crippen molar-refractivity contribution in [3.8, 4) is 0 Å². The Morgan fingerprint density at radius 1 is 1.00 bits per heavy atom. The lowest BCUT2D eigenvalue weighted by molar-refractivity contribution is -0.157. The van der Waals surface area contributed by atoms with Crippen LogP contribution in [0, 0.1) is 0 Å². The molecule has 0 heterocycles. The number of hydrogen-bond acceptors (Lipinski definition) is 6. The van der Waals surface area contributed by atoms with Gasteiger partial charge < -0.3 is 20.7 Å². The lowest BCUT2D eigenvalue weighted by Gasteiger charge is -2.10. The van der Waals surface area contributed by atoms with E-state index in [2.05, 4.69) is 31.9 Å². The van der Waals surface area contributed by atoms with Gasteiger partial charge in [0.05, 0.1) is 11.8 Å². The number of amides is 3. The fourth-order valence-electron chi connectivity index (χ4n) is 1.78. The minimum absolute atomic E-state index is 0.00747. The summed E-state index contributed by atoms with van der Waals surface area (Å²) in [5.41, 5.74) is 0. The van der Waals surface area contributed by atoms with E-state index in [1.165, 1.54) is 0 Å². The lowest BCUT2D eigenvalue weighted by atomic mass is 10.3. The van der Waals surface area contributed by atoms with Gasteiger partial charge in [-0.1, -0.05) is 15.9 Å². The third-order valence-electron chi connectivity index (χ3n) is 2.92. The first-order chi connectivity index (χ1) is 10.9. The predicted molar refractivity (Wildman–Crippen MR) is 82.0 cm³/mol. The molecule has 128 valence electrons. The number of esters is 1. The van der Waals surface area contributed by atoms with Crippen LogP contribution in [0.1, 0.15) is 19.3 Å². The van der Waals surface area contributed by atoms with E-state index in [9.17, 15) is 24.0 Å². The normalized spacial score (nSPS) is 14.5. The van der Waals surface area contributed by atoms with Gasteiger partial charge in [0.1, 0.15) is 0 Å². The van der Waals surface area contributed by atoms with Crippen LogP contribution >= 0.6 is 15.9 Å². The van der Waals surface area contributed by atoms with Gasteiger partial charge in [-0.25, -0.2) is 4.79 Å². The summed E-state index contributed by atoms with van der Waals surface area (Å²) in [4.78, 5) is 56.4. The second-order valence-electron chi connectivity index (χ2n) is 4.72. The molecule has 0 radical (unpaired) electrons. The Balaban J connectivity index is 2.10. The van der Waals surface area contributed by atoms with E-state index in [1.54, 1.807) is 0 Å². The number of ether oxygens (including phenoxy) is 1. The zero-order chi connectivity index (χ0) is 17.2. The third kappa shape index (κ3) is 7.22. The van der Waals surface area contributed by atoms with E-state index in [0.717, 1.165) is 0 Å². The van der Waals surface area contributed by atoms with Crippen molar-refractivity contribution in [2.75, 3.05) is 25.0 Å². The SMILES string of the molecule is O=C(CBr)NCCNC(=O)NCCC(=O)OC1C(=O)CCC1=O. The van der Waals surface area contributed by atoms with Crippen LogP contribution in [-0.4, -0.2) is 60.5 Å². The second-order valence-corrected chi connectivity index (χ2v) is 5.28. The molecule has 1 fully saturated rings. The number of nitrogens with one attached hydrogen (secondary N) is 3. The maximum atomic E-state index is 11.5. The summed E-state index contributed by atoms with van der Waals surface area (Å²) < 4.78 is 4.79. The molecule has 9 nitrogen and oxygen atoms in total. The molecular weight excluding hydrogens is 374 g/mol. The molecule has 0 bridgehead atoms. The summed E-state index contributed by atoms with van der Waals surface area (Å²) in [7, 11) is 0. The monoisotopic (exact) mass is 391 g/mol. The standard InChI is InChI=1S/C13H18BrN3O6/c14-7-10(20)15-5-6-17-13(22)16-4-3-11(21)23-12-8(18)1-2-9(12)19/h12H,1-7H2,(H,15,20)(H2,16,17,22). The summed E-state index contributed by atoms with van der Waals surface area (Å²) in [5, 5.41) is 7.64. The predicted octanol–water partition coefficient (Wildman–Crippen LogP) is -0.969. The molecule has 0 aromatic heterocycles. The van der Waals surface area contributed by atoms with Gasteiger partial charge in [-0.15, -0.1) is 0 Å². The number of ketones is 2. The number of halogens is 1. The number of hydrogen-bond donors (Lipinski definition) is 3. The van der Waals surface area contributed by atoms with Crippen molar-refractivity contribution < 1.29 is 28.7 Å². The zero-order valence-corrected chi connectivity index (χ0v) is 13.9. The molecule has 1 saturated carbocycles.